The molecule has 2 aromatic heterocycles. The van der Waals surface area contributed by atoms with Gasteiger partial charge in [0.15, 0.2) is 9.84 Å². The minimum Gasteiger partial charge on any atom is -0.342 e. The SMILES string of the molecule is C[C@H](c1nc2ccc(S(C)(=O)=O)cc2[nH]1)C1CCC(c2ccnc3ccc(F)cc23)CC1. The second-order valence-corrected chi connectivity index (χ2v) is 11.1. The zero-order chi connectivity index (χ0) is 22.5. The van der Waals surface area contributed by atoms with Gasteiger partial charge in [-0.05, 0) is 85.5 Å². The molecule has 0 unspecified atom stereocenters. The lowest BCUT2D eigenvalue weighted by Gasteiger charge is -2.32. The second-order valence-electron chi connectivity index (χ2n) is 9.04. The number of hydrogen-bond donors (Lipinski definition) is 1. The van der Waals surface area contributed by atoms with Crippen molar-refractivity contribution in [3.63, 3.8) is 0 Å². The zero-order valence-electron chi connectivity index (χ0n) is 18.2. The van der Waals surface area contributed by atoms with Gasteiger partial charge in [-0.2, -0.15) is 0 Å². The largest absolute Gasteiger partial charge is 0.342 e. The maximum Gasteiger partial charge on any atom is 0.175 e. The fourth-order valence-corrected chi connectivity index (χ4v) is 5.75. The Labute approximate surface area is 187 Å². The van der Waals surface area contributed by atoms with Gasteiger partial charge < -0.3 is 4.98 Å². The molecule has 5 rings (SSSR count). The minimum absolute atomic E-state index is 0.224. The molecule has 32 heavy (non-hydrogen) atoms. The minimum atomic E-state index is -3.25. The fourth-order valence-electron chi connectivity index (χ4n) is 5.10. The summed E-state index contributed by atoms with van der Waals surface area (Å²) in [5.74, 6) is 1.82. The number of aromatic nitrogens is 3. The highest BCUT2D eigenvalue weighted by Gasteiger charge is 2.29. The van der Waals surface area contributed by atoms with Crippen LogP contribution in [0.5, 0.6) is 0 Å². The van der Waals surface area contributed by atoms with E-state index < -0.39 is 9.84 Å². The third kappa shape index (κ3) is 3.90. The first-order valence-electron chi connectivity index (χ1n) is 11.0. The number of H-pyrrole nitrogens is 1. The van der Waals surface area contributed by atoms with Crippen LogP contribution in [0.4, 0.5) is 4.39 Å². The van der Waals surface area contributed by atoms with E-state index in [0.29, 0.717) is 16.7 Å². The Morgan fingerprint density at radius 2 is 1.78 bits per heavy atom. The van der Waals surface area contributed by atoms with Crippen LogP contribution in [-0.4, -0.2) is 29.6 Å². The Hall–Kier alpha value is -2.80. The van der Waals surface area contributed by atoms with Gasteiger partial charge in [-0.15, -0.1) is 0 Å². The van der Waals surface area contributed by atoms with Gasteiger partial charge in [-0.3, -0.25) is 4.98 Å². The lowest BCUT2D eigenvalue weighted by molar-refractivity contribution is 0.286. The average Bonchev–Trinajstić information content (AvgIpc) is 3.21. The number of imidazole rings is 1. The molecule has 0 amide bonds. The predicted octanol–water partition coefficient (Wildman–Crippen LogP) is 5.73. The molecule has 7 heteroatoms. The topological polar surface area (TPSA) is 75.7 Å². The first kappa shape index (κ1) is 21.1. The van der Waals surface area contributed by atoms with Crippen molar-refractivity contribution in [3.05, 3.63) is 65.9 Å². The smallest absolute Gasteiger partial charge is 0.175 e. The first-order valence-corrected chi connectivity index (χ1v) is 12.9. The van der Waals surface area contributed by atoms with E-state index in [1.54, 1.807) is 30.3 Å². The molecule has 0 radical (unpaired) electrons. The normalized spacial score (nSPS) is 20.6. The average molecular weight is 452 g/mol. The van der Waals surface area contributed by atoms with E-state index in [0.717, 1.165) is 53.4 Å². The fraction of sp³-hybridized carbons (Fsp3) is 0.360. The highest BCUT2D eigenvalue weighted by atomic mass is 32.2. The lowest BCUT2D eigenvalue weighted by Crippen LogP contribution is -2.19. The maximum absolute atomic E-state index is 13.8. The van der Waals surface area contributed by atoms with E-state index in [-0.39, 0.29) is 11.7 Å². The van der Waals surface area contributed by atoms with Crippen LogP contribution in [-0.2, 0) is 9.84 Å². The van der Waals surface area contributed by atoms with Crippen LogP contribution in [0, 0.1) is 11.7 Å². The number of halogens is 1. The van der Waals surface area contributed by atoms with Crippen LogP contribution in [0.2, 0.25) is 0 Å². The van der Waals surface area contributed by atoms with E-state index in [1.165, 1.54) is 17.9 Å². The summed E-state index contributed by atoms with van der Waals surface area (Å²) in [5.41, 5.74) is 3.58. The number of hydrogen-bond acceptors (Lipinski definition) is 4. The van der Waals surface area contributed by atoms with Crippen molar-refractivity contribution < 1.29 is 12.8 Å². The van der Waals surface area contributed by atoms with Gasteiger partial charge in [0.05, 0.1) is 21.4 Å². The number of nitrogens with zero attached hydrogens (tertiary/aromatic N) is 2. The molecule has 1 N–H and O–H groups in total. The molecule has 1 fully saturated rings. The zero-order valence-corrected chi connectivity index (χ0v) is 19.0. The third-order valence-corrected chi connectivity index (χ3v) is 8.10. The Balaban J connectivity index is 1.34. The van der Waals surface area contributed by atoms with Crippen molar-refractivity contribution in [2.45, 2.75) is 49.3 Å². The summed E-state index contributed by atoms with van der Waals surface area (Å²) in [7, 11) is -3.25. The van der Waals surface area contributed by atoms with Gasteiger partial charge in [-0.25, -0.2) is 17.8 Å². The first-order chi connectivity index (χ1) is 15.3. The number of rotatable bonds is 4. The molecular weight excluding hydrogens is 425 g/mol. The number of benzene rings is 2. The van der Waals surface area contributed by atoms with E-state index >= 15 is 0 Å². The van der Waals surface area contributed by atoms with Gasteiger partial charge in [-0.1, -0.05) is 6.92 Å². The Morgan fingerprint density at radius 3 is 2.53 bits per heavy atom. The van der Waals surface area contributed by atoms with E-state index in [9.17, 15) is 12.8 Å². The van der Waals surface area contributed by atoms with Crippen LogP contribution in [0.3, 0.4) is 0 Å². The van der Waals surface area contributed by atoms with E-state index in [4.69, 9.17) is 4.98 Å². The molecule has 2 heterocycles. The highest BCUT2D eigenvalue weighted by molar-refractivity contribution is 7.90. The van der Waals surface area contributed by atoms with Crippen molar-refractivity contribution >= 4 is 31.8 Å². The van der Waals surface area contributed by atoms with Crippen molar-refractivity contribution in [1.29, 1.82) is 0 Å². The van der Waals surface area contributed by atoms with Crippen LogP contribution in [0.1, 0.15) is 55.8 Å². The Morgan fingerprint density at radius 1 is 1.03 bits per heavy atom. The summed E-state index contributed by atoms with van der Waals surface area (Å²) in [4.78, 5) is 12.8. The molecule has 0 spiro atoms. The number of nitrogens with one attached hydrogen (secondary N) is 1. The summed E-state index contributed by atoms with van der Waals surface area (Å²) in [6.45, 7) is 2.19. The summed E-state index contributed by atoms with van der Waals surface area (Å²) in [6, 6.07) is 11.9. The number of fused-ring (bicyclic) bond motifs is 2. The molecule has 5 nitrogen and oxygen atoms in total. The second kappa shape index (κ2) is 7.96. The molecule has 1 atom stereocenters. The van der Waals surface area contributed by atoms with Crippen molar-refractivity contribution in [2.24, 2.45) is 5.92 Å². The molecule has 1 saturated carbocycles. The quantitative estimate of drug-likeness (QED) is 0.430. The van der Waals surface area contributed by atoms with Crippen molar-refractivity contribution in [3.8, 4) is 0 Å². The predicted molar refractivity (Wildman–Crippen MR) is 124 cm³/mol. The molecule has 1 aliphatic carbocycles. The number of aromatic amines is 1. The maximum atomic E-state index is 13.8. The molecule has 0 bridgehead atoms. The highest BCUT2D eigenvalue weighted by Crippen LogP contribution is 2.43. The monoisotopic (exact) mass is 451 g/mol. The van der Waals surface area contributed by atoms with Gasteiger partial charge in [0, 0.05) is 23.8 Å². The van der Waals surface area contributed by atoms with Gasteiger partial charge in [0.1, 0.15) is 11.6 Å². The summed E-state index contributed by atoms with van der Waals surface area (Å²) >= 11 is 0. The van der Waals surface area contributed by atoms with Crippen LogP contribution >= 0.6 is 0 Å². The molecular formula is C25H26FN3O2S. The molecule has 0 aliphatic heterocycles. The van der Waals surface area contributed by atoms with Crippen molar-refractivity contribution in [2.75, 3.05) is 6.26 Å². The van der Waals surface area contributed by atoms with E-state index in [1.807, 2.05) is 12.3 Å². The third-order valence-electron chi connectivity index (χ3n) is 6.99. The molecule has 0 saturated heterocycles. The molecule has 166 valence electrons. The lowest BCUT2D eigenvalue weighted by atomic mass is 9.73. The standard InChI is InChI=1S/C25H26FN3O2S/c1-15(25-28-23-10-8-19(32(2,30)31)14-24(23)29-25)16-3-5-17(6-4-16)20-11-12-27-22-9-7-18(26)13-21(20)22/h7-17H,3-6H2,1-2H3,(H,28,29)/t15-,16?,17?/m0/s1. The molecule has 2 aromatic carbocycles. The Bertz CT molecular complexity index is 1410. The summed E-state index contributed by atoms with van der Waals surface area (Å²) in [6.07, 6.45) is 7.26. The molecule has 4 aromatic rings. The van der Waals surface area contributed by atoms with Crippen molar-refractivity contribution in [1.82, 2.24) is 15.0 Å². The van der Waals surface area contributed by atoms with Crippen LogP contribution in [0.25, 0.3) is 21.9 Å². The van der Waals surface area contributed by atoms with Gasteiger partial charge in [0.25, 0.3) is 0 Å². The number of sulfone groups is 1. The van der Waals surface area contributed by atoms with Crippen LogP contribution < -0.4 is 0 Å². The van der Waals surface area contributed by atoms with Gasteiger partial charge >= 0.3 is 0 Å². The summed E-state index contributed by atoms with van der Waals surface area (Å²) < 4.78 is 37.6. The summed E-state index contributed by atoms with van der Waals surface area (Å²) in [5, 5.41) is 0.919. The molecule has 1 aliphatic rings. The Kier molecular flexibility index (Phi) is 5.24. The van der Waals surface area contributed by atoms with Gasteiger partial charge in [0.2, 0.25) is 0 Å². The van der Waals surface area contributed by atoms with Crippen LogP contribution in [0.15, 0.2) is 53.6 Å². The van der Waals surface area contributed by atoms with E-state index in [2.05, 4.69) is 16.9 Å². The number of pyridine rings is 1.